The molecule has 0 aliphatic carbocycles. The van der Waals surface area contributed by atoms with Crippen molar-refractivity contribution >= 4 is 28.7 Å². The lowest BCUT2D eigenvalue weighted by Gasteiger charge is -2.00. The minimum Gasteiger partial charge on any atom is -0.292 e. The molecule has 0 spiro atoms. The Morgan fingerprint density at radius 1 is 1.50 bits per heavy atom. The number of hydrogen-bond donors (Lipinski definition) is 0. The van der Waals surface area contributed by atoms with Crippen LogP contribution >= 0.6 is 22.9 Å². The topological polar surface area (TPSA) is 76.7 Å². The second-order valence-corrected chi connectivity index (χ2v) is 4.71. The Morgan fingerprint density at radius 2 is 2.28 bits per heavy atom. The Hall–Kier alpha value is -1.86. The number of ketones is 1. The number of nitroso groups, excluding NO2 is 1. The monoisotopic (exact) mass is 282 g/mol. The number of benzene rings is 1. The van der Waals surface area contributed by atoms with Crippen LogP contribution in [0.5, 0.6) is 0 Å². The quantitative estimate of drug-likeness (QED) is 0.492. The van der Waals surface area contributed by atoms with Crippen molar-refractivity contribution in [2.75, 3.05) is 0 Å². The van der Waals surface area contributed by atoms with Gasteiger partial charge in [0.2, 0.25) is 4.80 Å². The molecule has 0 saturated heterocycles. The molecule has 1 aromatic carbocycles. The Kier molecular flexibility index (Phi) is 3.63. The summed E-state index contributed by atoms with van der Waals surface area (Å²) in [6.07, 6.45) is 0. The zero-order valence-corrected chi connectivity index (χ0v) is 10.8. The molecule has 2 rings (SSSR count). The van der Waals surface area contributed by atoms with Crippen molar-refractivity contribution in [3.05, 3.63) is 44.0 Å². The molecule has 0 aliphatic heterocycles. The lowest BCUT2D eigenvalue weighted by molar-refractivity contribution is 0.101. The van der Waals surface area contributed by atoms with Gasteiger partial charge in [0.05, 0.1) is 11.0 Å². The summed E-state index contributed by atoms with van der Waals surface area (Å²) in [5.41, 5.74) is 0.605. The van der Waals surface area contributed by atoms with Gasteiger partial charge >= 0.3 is 0 Å². The molecule has 0 unspecified atom stereocenters. The predicted molar refractivity (Wildman–Crippen MR) is 67.8 cm³/mol. The van der Waals surface area contributed by atoms with Gasteiger partial charge in [-0.1, -0.05) is 34.1 Å². The normalized spacial score (nSPS) is 11.6. The lowest BCUT2D eigenvalue weighted by atomic mass is 10.3. The van der Waals surface area contributed by atoms with Crippen molar-refractivity contribution in [2.24, 2.45) is 10.4 Å². The molecule has 0 atom stereocenters. The summed E-state index contributed by atoms with van der Waals surface area (Å²) < 4.78 is 1.36. The zero-order chi connectivity index (χ0) is 13.1. The molecule has 1 heterocycles. The number of hydrogen-bond acceptors (Lipinski definition) is 5. The molecule has 18 heavy (non-hydrogen) atoms. The molecule has 0 fully saturated rings. The molecule has 6 nitrogen and oxygen atoms in total. The summed E-state index contributed by atoms with van der Waals surface area (Å²) in [5.74, 6) is -0.205. The highest BCUT2D eigenvalue weighted by molar-refractivity contribution is 7.10. The van der Waals surface area contributed by atoms with Gasteiger partial charge in [-0.25, -0.2) is 4.68 Å². The smallest absolute Gasteiger partial charge is 0.237 e. The molecule has 0 amide bonds. The van der Waals surface area contributed by atoms with Crippen LogP contribution in [0.15, 0.2) is 34.7 Å². The average molecular weight is 283 g/mol. The number of carbonyl (C=O) groups excluding carboxylic acids is 1. The maximum atomic E-state index is 11.3. The first-order chi connectivity index (χ1) is 8.61. The van der Waals surface area contributed by atoms with Crippen LogP contribution in [-0.2, 0) is 0 Å². The Bertz CT molecular complexity index is 677. The van der Waals surface area contributed by atoms with Crippen molar-refractivity contribution < 1.29 is 4.79 Å². The summed E-state index contributed by atoms with van der Waals surface area (Å²) >= 11 is 6.86. The van der Waals surface area contributed by atoms with E-state index in [-0.39, 0.29) is 15.6 Å². The summed E-state index contributed by atoms with van der Waals surface area (Å²) in [7, 11) is 0. The fourth-order valence-electron chi connectivity index (χ4n) is 1.30. The van der Waals surface area contributed by atoms with Crippen LogP contribution in [0.1, 0.15) is 16.7 Å². The van der Waals surface area contributed by atoms with E-state index >= 15 is 0 Å². The number of aromatic nitrogens is 2. The van der Waals surface area contributed by atoms with Gasteiger partial charge in [-0.15, -0.1) is 4.91 Å². The molecule has 8 heteroatoms. The maximum absolute atomic E-state index is 11.3. The number of halogens is 1. The van der Waals surface area contributed by atoms with Gasteiger partial charge < -0.3 is 0 Å². The van der Waals surface area contributed by atoms with Crippen LogP contribution in [0.4, 0.5) is 0 Å². The van der Waals surface area contributed by atoms with Crippen molar-refractivity contribution in [3.8, 4) is 5.69 Å². The summed E-state index contributed by atoms with van der Waals surface area (Å²) in [6, 6.07) is 6.82. The van der Waals surface area contributed by atoms with E-state index in [1.54, 1.807) is 24.3 Å². The molecule has 0 N–H and O–H groups in total. The van der Waals surface area contributed by atoms with E-state index in [1.807, 2.05) is 0 Å². The SMILES string of the molecule is CC(=O)c1nn(-c2cccc(Cl)c2)/c(=N/N=O)s1. The number of nitrogens with zero attached hydrogens (tertiary/aromatic N) is 4. The van der Waals surface area contributed by atoms with E-state index < -0.39 is 0 Å². The van der Waals surface area contributed by atoms with E-state index in [1.165, 1.54) is 11.6 Å². The minimum absolute atomic E-state index is 0.205. The highest BCUT2D eigenvalue weighted by atomic mass is 35.5. The van der Waals surface area contributed by atoms with Crippen molar-refractivity contribution in [1.82, 2.24) is 9.78 Å². The average Bonchev–Trinajstić information content (AvgIpc) is 2.74. The molecule has 0 aliphatic rings. The molecule has 2 aromatic rings. The van der Waals surface area contributed by atoms with Gasteiger partial charge in [-0.05, 0) is 18.2 Å². The van der Waals surface area contributed by atoms with E-state index in [0.29, 0.717) is 10.7 Å². The molecule has 92 valence electrons. The van der Waals surface area contributed by atoms with Crippen molar-refractivity contribution in [1.29, 1.82) is 0 Å². The zero-order valence-electron chi connectivity index (χ0n) is 9.20. The first-order valence-electron chi connectivity index (χ1n) is 4.85. The van der Waals surface area contributed by atoms with Crippen LogP contribution in [0.2, 0.25) is 5.02 Å². The maximum Gasteiger partial charge on any atom is 0.237 e. The van der Waals surface area contributed by atoms with Gasteiger partial charge in [0.1, 0.15) is 0 Å². The van der Waals surface area contributed by atoms with Crippen LogP contribution in [0.25, 0.3) is 5.69 Å². The third kappa shape index (κ3) is 2.52. The minimum atomic E-state index is -0.205. The van der Waals surface area contributed by atoms with Gasteiger partial charge in [0.25, 0.3) is 0 Å². The highest BCUT2D eigenvalue weighted by Gasteiger charge is 2.10. The third-order valence-electron chi connectivity index (χ3n) is 2.04. The molecular weight excluding hydrogens is 276 g/mol. The Balaban J connectivity index is 2.66. The third-order valence-corrected chi connectivity index (χ3v) is 3.28. The number of rotatable bonds is 3. The molecular formula is C10H7ClN4O2S. The molecule has 0 bridgehead atoms. The van der Waals surface area contributed by atoms with Gasteiger partial charge in [0.15, 0.2) is 10.8 Å². The Labute approximate surface area is 111 Å². The number of Topliss-reactive ketones (excluding diaryl/α,β-unsaturated/α-hetero) is 1. The largest absolute Gasteiger partial charge is 0.292 e. The fraction of sp³-hybridized carbons (Fsp3) is 0.100. The Morgan fingerprint density at radius 3 is 2.89 bits per heavy atom. The van der Waals surface area contributed by atoms with Crippen molar-refractivity contribution in [3.63, 3.8) is 0 Å². The first kappa shape index (κ1) is 12.6. The van der Waals surface area contributed by atoms with E-state index in [0.717, 1.165) is 11.3 Å². The van der Waals surface area contributed by atoms with E-state index in [9.17, 15) is 9.70 Å². The fourth-order valence-corrected chi connectivity index (χ4v) is 2.23. The van der Waals surface area contributed by atoms with Crippen LogP contribution in [-0.4, -0.2) is 15.6 Å². The predicted octanol–water partition coefficient (Wildman–Crippen LogP) is 2.37. The second kappa shape index (κ2) is 5.19. The van der Waals surface area contributed by atoms with Gasteiger partial charge in [0, 0.05) is 11.9 Å². The summed E-state index contributed by atoms with van der Waals surface area (Å²) in [4.78, 5) is 21.7. The van der Waals surface area contributed by atoms with Gasteiger partial charge in [-0.2, -0.15) is 5.10 Å². The van der Waals surface area contributed by atoms with Crippen LogP contribution in [0, 0.1) is 4.91 Å². The van der Waals surface area contributed by atoms with Crippen LogP contribution < -0.4 is 4.80 Å². The number of carbonyl (C=O) groups is 1. The first-order valence-corrected chi connectivity index (χ1v) is 6.04. The molecule has 0 radical (unpaired) electrons. The van der Waals surface area contributed by atoms with E-state index in [2.05, 4.69) is 15.5 Å². The standard InChI is InChI=1S/C10H7ClN4O2S/c1-6(16)9-13-15(10(18-9)12-14-17)8-4-2-3-7(11)5-8/h2-5H,1H3/b12-10-. The van der Waals surface area contributed by atoms with Crippen molar-refractivity contribution in [2.45, 2.75) is 6.92 Å². The molecule has 1 aromatic heterocycles. The summed E-state index contributed by atoms with van der Waals surface area (Å²) in [5, 5.41) is 10.7. The lowest BCUT2D eigenvalue weighted by Crippen LogP contribution is -2.13. The van der Waals surface area contributed by atoms with E-state index in [4.69, 9.17) is 11.6 Å². The summed E-state index contributed by atoms with van der Waals surface area (Å²) in [6.45, 7) is 1.39. The molecule has 0 saturated carbocycles. The van der Waals surface area contributed by atoms with Crippen LogP contribution in [0.3, 0.4) is 0 Å². The second-order valence-electron chi connectivity index (χ2n) is 3.32. The highest BCUT2D eigenvalue weighted by Crippen LogP contribution is 2.14. The van der Waals surface area contributed by atoms with Gasteiger partial charge in [-0.3, -0.25) is 4.79 Å².